The zero-order chi connectivity index (χ0) is 13.4. The Morgan fingerprint density at radius 3 is 2.95 bits per heavy atom. The summed E-state index contributed by atoms with van der Waals surface area (Å²) in [5.74, 6) is -0.264. The topological polar surface area (TPSA) is 26.0 Å². The van der Waals surface area contributed by atoms with Gasteiger partial charge in [-0.3, -0.25) is 0 Å². The van der Waals surface area contributed by atoms with E-state index in [1.165, 1.54) is 46.7 Å². The molecule has 0 fully saturated rings. The third-order valence-electron chi connectivity index (χ3n) is 3.58. The smallest absolute Gasteiger partial charge is 0.123 e. The van der Waals surface area contributed by atoms with Gasteiger partial charge < -0.3 is 5.73 Å². The molecule has 0 radical (unpaired) electrons. The summed E-state index contributed by atoms with van der Waals surface area (Å²) < 4.78 is 13.2. The highest BCUT2D eigenvalue weighted by Crippen LogP contribution is 2.34. The van der Waals surface area contributed by atoms with Gasteiger partial charge in [0.2, 0.25) is 0 Å². The van der Waals surface area contributed by atoms with E-state index in [0.717, 1.165) is 5.56 Å². The summed E-state index contributed by atoms with van der Waals surface area (Å²) in [6, 6.07) is 6.55. The maximum atomic E-state index is 13.2. The second-order valence-electron chi connectivity index (χ2n) is 5.00. The lowest BCUT2D eigenvalue weighted by atomic mass is 10.0. The minimum Gasteiger partial charge on any atom is -0.323 e. The lowest BCUT2D eigenvalue weighted by molar-refractivity contribution is 0.622. The molecule has 100 valence electrons. The molecule has 1 atom stereocenters. The Hall–Kier alpha value is -0.900. The van der Waals surface area contributed by atoms with Gasteiger partial charge in [0, 0.05) is 20.8 Å². The maximum Gasteiger partial charge on any atom is 0.123 e. The average Bonchev–Trinajstić information content (AvgIpc) is 2.94. The van der Waals surface area contributed by atoms with Crippen LogP contribution in [0.2, 0.25) is 5.02 Å². The van der Waals surface area contributed by atoms with Crippen LogP contribution in [0, 0.1) is 5.82 Å². The summed E-state index contributed by atoms with van der Waals surface area (Å²) in [6.07, 6.45) is 4.18. The number of thiophene rings is 1. The molecular weight excluding hydrogens is 281 g/mol. The van der Waals surface area contributed by atoms with Crippen LogP contribution < -0.4 is 5.73 Å². The standard InChI is InChI=1S/C15H15ClFNS/c16-12-5-4-11(17)6-10(12)7-13(18)15-8-9-2-1-3-14(9)19-15/h4-6,8,13H,1-3,7,18H2. The summed E-state index contributed by atoms with van der Waals surface area (Å²) >= 11 is 7.88. The molecule has 1 aliphatic rings. The van der Waals surface area contributed by atoms with E-state index in [2.05, 4.69) is 6.07 Å². The Labute approximate surface area is 121 Å². The van der Waals surface area contributed by atoms with E-state index >= 15 is 0 Å². The first kappa shape index (κ1) is 13.1. The Balaban J connectivity index is 1.80. The van der Waals surface area contributed by atoms with Crippen molar-refractivity contribution in [2.45, 2.75) is 31.7 Å². The van der Waals surface area contributed by atoms with Crippen molar-refractivity contribution in [1.29, 1.82) is 0 Å². The summed E-state index contributed by atoms with van der Waals surface area (Å²) in [6.45, 7) is 0. The summed E-state index contributed by atoms with van der Waals surface area (Å²) in [7, 11) is 0. The zero-order valence-corrected chi connectivity index (χ0v) is 12.0. The molecule has 1 nitrogen and oxygen atoms in total. The summed E-state index contributed by atoms with van der Waals surface area (Å²) in [5, 5.41) is 0.584. The third kappa shape index (κ3) is 2.69. The number of hydrogen-bond acceptors (Lipinski definition) is 2. The number of fused-ring (bicyclic) bond motifs is 1. The van der Waals surface area contributed by atoms with Gasteiger partial charge in [0.25, 0.3) is 0 Å². The van der Waals surface area contributed by atoms with Crippen LogP contribution in [-0.4, -0.2) is 0 Å². The molecular formula is C15H15ClFNS. The van der Waals surface area contributed by atoms with Crippen molar-refractivity contribution >= 4 is 22.9 Å². The van der Waals surface area contributed by atoms with Gasteiger partial charge >= 0.3 is 0 Å². The predicted molar refractivity (Wildman–Crippen MR) is 78.4 cm³/mol. The van der Waals surface area contributed by atoms with Gasteiger partial charge in [-0.1, -0.05) is 11.6 Å². The fraction of sp³-hybridized carbons (Fsp3) is 0.333. The number of benzene rings is 1. The predicted octanol–water partition coefficient (Wildman–Crippen LogP) is 4.27. The number of nitrogens with two attached hydrogens (primary N) is 1. The normalized spacial score (nSPS) is 15.5. The minimum atomic E-state index is -0.264. The van der Waals surface area contributed by atoms with Crippen molar-refractivity contribution in [3.8, 4) is 0 Å². The van der Waals surface area contributed by atoms with Crippen molar-refractivity contribution in [2.75, 3.05) is 0 Å². The van der Waals surface area contributed by atoms with Crippen LogP contribution in [-0.2, 0) is 19.3 Å². The lowest BCUT2D eigenvalue weighted by Crippen LogP contribution is -2.12. The van der Waals surface area contributed by atoms with Gasteiger partial charge in [-0.25, -0.2) is 4.39 Å². The van der Waals surface area contributed by atoms with E-state index in [9.17, 15) is 4.39 Å². The molecule has 0 amide bonds. The molecule has 3 rings (SSSR count). The van der Waals surface area contributed by atoms with Gasteiger partial charge in [-0.2, -0.15) is 0 Å². The zero-order valence-electron chi connectivity index (χ0n) is 10.5. The van der Waals surface area contributed by atoms with E-state index in [4.69, 9.17) is 17.3 Å². The number of aryl methyl sites for hydroxylation is 2. The van der Waals surface area contributed by atoms with Gasteiger partial charge in [0.1, 0.15) is 5.82 Å². The Morgan fingerprint density at radius 2 is 2.16 bits per heavy atom. The molecule has 2 N–H and O–H groups in total. The van der Waals surface area contributed by atoms with Crippen molar-refractivity contribution in [3.05, 3.63) is 56.0 Å². The first-order chi connectivity index (χ1) is 9.13. The van der Waals surface area contributed by atoms with Crippen LogP contribution >= 0.6 is 22.9 Å². The second-order valence-corrected chi connectivity index (χ2v) is 6.57. The molecule has 4 heteroatoms. The van der Waals surface area contributed by atoms with E-state index < -0.39 is 0 Å². The number of hydrogen-bond donors (Lipinski definition) is 1. The largest absolute Gasteiger partial charge is 0.323 e. The molecule has 1 unspecified atom stereocenters. The molecule has 2 aromatic rings. The van der Waals surface area contributed by atoms with Gasteiger partial charge in [0.15, 0.2) is 0 Å². The fourth-order valence-electron chi connectivity index (χ4n) is 2.57. The van der Waals surface area contributed by atoms with Crippen LogP contribution in [0.3, 0.4) is 0 Å². The Kier molecular flexibility index (Phi) is 3.61. The highest BCUT2D eigenvalue weighted by Gasteiger charge is 2.19. The third-order valence-corrected chi connectivity index (χ3v) is 5.32. The molecule has 1 aliphatic carbocycles. The van der Waals surface area contributed by atoms with Crippen molar-refractivity contribution < 1.29 is 4.39 Å². The Bertz CT molecular complexity index is 587. The number of rotatable bonds is 3. The van der Waals surface area contributed by atoms with E-state index in [-0.39, 0.29) is 11.9 Å². The molecule has 0 aliphatic heterocycles. The molecule has 0 bridgehead atoms. The molecule has 1 aromatic carbocycles. The fourth-order valence-corrected chi connectivity index (χ4v) is 4.03. The molecule has 0 saturated carbocycles. The maximum absolute atomic E-state index is 13.2. The number of halogens is 2. The van der Waals surface area contributed by atoms with Crippen molar-refractivity contribution in [2.24, 2.45) is 5.73 Å². The molecule has 0 spiro atoms. The van der Waals surface area contributed by atoms with E-state index in [1.807, 2.05) is 0 Å². The van der Waals surface area contributed by atoms with Crippen LogP contribution in [0.5, 0.6) is 0 Å². The lowest BCUT2D eigenvalue weighted by Gasteiger charge is -2.11. The van der Waals surface area contributed by atoms with Crippen molar-refractivity contribution in [3.63, 3.8) is 0 Å². The van der Waals surface area contributed by atoms with Gasteiger partial charge in [0.05, 0.1) is 0 Å². The minimum absolute atomic E-state index is 0.102. The van der Waals surface area contributed by atoms with Crippen LogP contribution in [0.1, 0.15) is 33.3 Å². The molecule has 0 saturated heterocycles. The highest BCUT2D eigenvalue weighted by molar-refractivity contribution is 7.12. The van der Waals surface area contributed by atoms with E-state index in [0.29, 0.717) is 11.4 Å². The average molecular weight is 296 g/mol. The first-order valence-corrected chi connectivity index (χ1v) is 7.64. The monoisotopic (exact) mass is 295 g/mol. The highest BCUT2D eigenvalue weighted by atomic mass is 35.5. The van der Waals surface area contributed by atoms with E-state index in [1.54, 1.807) is 17.4 Å². The van der Waals surface area contributed by atoms with Gasteiger partial charge in [-0.15, -0.1) is 11.3 Å². The SMILES string of the molecule is NC(Cc1cc(F)ccc1Cl)c1cc2c(s1)CCC2. The first-order valence-electron chi connectivity index (χ1n) is 6.44. The quantitative estimate of drug-likeness (QED) is 0.899. The molecule has 19 heavy (non-hydrogen) atoms. The Morgan fingerprint density at radius 1 is 1.32 bits per heavy atom. The molecule has 1 heterocycles. The molecule has 1 aromatic heterocycles. The van der Waals surface area contributed by atoms with Gasteiger partial charge in [-0.05, 0) is 61.1 Å². The van der Waals surface area contributed by atoms with Crippen LogP contribution in [0.15, 0.2) is 24.3 Å². The van der Waals surface area contributed by atoms with Crippen LogP contribution in [0.25, 0.3) is 0 Å². The summed E-state index contributed by atoms with van der Waals surface area (Å²) in [5.41, 5.74) is 8.46. The van der Waals surface area contributed by atoms with Crippen molar-refractivity contribution in [1.82, 2.24) is 0 Å². The second kappa shape index (κ2) is 5.23. The summed E-state index contributed by atoms with van der Waals surface area (Å²) in [4.78, 5) is 2.65. The van der Waals surface area contributed by atoms with Crippen LogP contribution in [0.4, 0.5) is 4.39 Å².